The maximum absolute atomic E-state index is 12.4. The highest BCUT2D eigenvalue weighted by Gasteiger charge is 2.21. The monoisotopic (exact) mass is 392 g/mol. The van der Waals surface area contributed by atoms with Gasteiger partial charge in [0.1, 0.15) is 0 Å². The second kappa shape index (κ2) is 8.66. The Balaban J connectivity index is 1.30. The molecular weight excluding hydrogens is 364 g/mol. The van der Waals surface area contributed by atoms with Gasteiger partial charge < -0.3 is 20.0 Å². The minimum absolute atomic E-state index is 0.0395. The molecule has 4 rings (SSSR count). The van der Waals surface area contributed by atoms with E-state index in [1.807, 2.05) is 41.3 Å². The Labute approximate surface area is 172 Å². The molecule has 2 aromatic rings. The van der Waals surface area contributed by atoms with Crippen molar-refractivity contribution in [3.8, 4) is 0 Å². The Morgan fingerprint density at radius 2 is 1.55 bits per heavy atom. The number of amides is 2. The molecule has 0 unspecified atom stereocenters. The SMILES string of the molecule is CN1CCN(c2ccc(NC(=O)Cc3ccc(N4CCCC4=O)cc3)cc2)CC1. The highest BCUT2D eigenvalue weighted by Crippen LogP contribution is 2.22. The van der Waals surface area contributed by atoms with Crippen LogP contribution in [0.2, 0.25) is 0 Å². The van der Waals surface area contributed by atoms with E-state index in [2.05, 4.69) is 34.3 Å². The number of rotatable bonds is 5. The van der Waals surface area contributed by atoms with Gasteiger partial charge in [-0.15, -0.1) is 0 Å². The second-order valence-electron chi connectivity index (χ2n) is 7.88. The molecule has 0 saturated carbocycles. The topological polar surface area (TPSA) is 55.9 Å². The van der Waals surface area contributed by atoms with E-state index < -0.39 is 0 Å². The molecule has 6 heteroatoms. The first-order valence-corrected chi connectivity index (χ1v) is 10.3. The minimum Gasteiger partial charge on any atom is -0.369 e. The van der Waals surface area contributed by atoms with Crippen LogP contribution in [-0.4, -0.2) is 56.5 Å². The van der Waals surface area contributed by atoms with Crippen molar-refractivity contribution in [3.05, 3.63) is 54.1 Å². The highest BCUT2D eigenvalue weighted by molar-refractivity contribution is 5.95. The molecule has 0 atom stereocenters. The molecule has 0 radical (unpaired) electrons. The fourth-order valence-corrected chi connectivity index (χ4v) is 3.93. The molecule has 0 bridgehead atoms. The van der Waals surface area contributed by atoms with Gasteiger partial charge in [-0.1, -0.05) is 12.1 Å². The highest BCUT2D eigenvalue weighted by atomic mass is 16.2. The van der Waals surface area contributed by atoms with Crippen molar-refractivity contribution in [1.29, 1.82) is 0 Å². The van der Waals surface area contributed by atoms with E-state index in [0.717, 1.165) is 56.1 Å². The number of carbonyl (C=O) groups is 2. The first-order valence-electron chi connectivity index (χ1n) is 10.3. The van der Waals surface area contributed by atoms with E-state index in [4.69, 9.17) is 0 Å². The van der Waals surface area contributed by atoms with E-state index in [-0.39, 0.29) is 11.8 Å². The molecule has 29 heavy (non-hydrogen) atoms. The second-order valence-corrected chi connectivity index (χ2v) is 7.88. The number of nitrogens with zero attached hydrogens (tertiary/aromatic N) is 3. The quantitative estimate of drug-likeness (QED) is 0.850. The zero-order chi connectivity index (χ0) is 20.2. The predicted molar refractivity (Wildman–Crippen MR) is 117 cm³/mol. The summed E-state index contributed by atoms with van der Waals surface area (Å²) in [7, 11) is 2.15. The number of nitrogens with one attached hydrogen (secondary N) is 1. The predicted octanol–water partition coefficient (Wildman–Crippen LogP) is 2.75. The van der Waals surface area contributed by atoms with Gasteiger partial charge in [-0.3, -0.25) is 9.59 Å². The molecule has 6 nitrogen and oxygen atoms in total. The van der Waals surface area contributed by atoms with Crippen LogP contribution in [0.3, 0.4) is 0 Å². The molecule has 2 heterocycles. The van der Waals surface area contributed by atoms with Crippen LogP contribution in [0.5, 0.6) is 0 Å². The molecule has 2 amide bonds. The van der Waals surface area contributed by atoms with Crippen LogP contribution in [-0.2, 0) is 16.0 Å². The first-order chi connectivity index (χ1) is 14.1. The van der Waals surface area contributed by atoms with E-state index in [0.29, 0.717) is 12.8 Å². The van der Waals surface area contributed by atoms with Crippen molar-refractivity contribution in [3.63, 3.8) is 0 Å². The summed E-state index contributed by atoms with van der Waals surface area (Å²) in [6.45, 7) is 4.98. The zero-order valence-corrected chi connectivity index (χ0v) is 16.9. The summed E-state index contributed by atoms with van der Waals surface area (Å²) in [4.78, 5) is 30.8. The van der Waals surface area contributed by atoms with Gasteiger partial charge in [-0.25, -0.2) is 0 Å². The van der Waals surface area contributed by atoms with Gasteiger partial charge in [-0.2, -0.15) is 0 Å². The van der Waals surface area contributed by atoms with Crippen molar-refractivity contribution >= 4 is 28.9 Å². The van der Waals surface area contributed by atoms with E-state index >= 15 is 0 Å². The Morgan fingerprint density at radius 3 is 2.17 bits per heavy atom. The van der Waals surface area contributed by atoms with Gasteiger partial charge in [-0.05, 0) is 55.4 Å². The van der Waals surface area contributed by atoms with Crippen LogP contribution in [0, 0.1) is 0 Å². The average Bonchev–Trinajstić information content (AvgIpc) is 3.16. The normalized spacial score (nSPS) is 17.6. The number of hydrogen-bond acceptors (Lipinski definition) is 4. The Kier molecular flexibility index (Phi) is 5.81. The molecule has 0 aromatic heterocycles. The zero-order valence-electron chi connectivity index (χ0n) is 16.9. The van der Waals surface area contributed by atoms with E-state index in [1.54, 1.807) is 0 Å². The number of anilines is 3. The van der Waals surface area contributed by atoms with Crippen LogP contribution in [0.25, 0.3) is 0 Å². The summed E-state index contributed by atoms with van der Waals surface area (Å²) in [6.07, 6.45) is 1.85. The molecule has 2 saturated heterocycles. The third-order valence-corrected chi connectivity index (χ3v) is 5.71. The van der Waals surface area contributed by atoms with Crippen LogP contribution in [0.4, 0.5) is 17.1 Å². The third-order valence-electron chi connectivity index (χ3n) is 5.71. The van der Waals surface area contributed by atoms with Gasteiger partial charge in [0.2, 0.25) is 11.8 Å². The largest absolute Gasteiger partial charge is 0.369 e. The van der Waals surface area contributed by atoms with Crippen molar-refractivity contribution in [1.82, 2.24) is 4.90 Å². The average molecular weight is 393 g/mol. The summed E-state index contributed by atoms with van der Waals surface area (Å²) in [5.74, 6) is 0.137. The summed E-state index contributed by atoms with van der Waals surface area (Å²) in [6, 6.07) is 15.8. The van der Waals surface area contributed by atoms with Crippen LogP contribution < -0.4 is 15.1 Å². The smallest absolute Gasteiger partial charge is 0.228 e. The summed E-state index contributed by atoms with van der Waals surface area (Å²) in [5, 5.41) is 2.97. The molecule has 2 aliphatic heterocycles. The van der Waals surface area contributed by atoms with Crippen molar-refractivity contribution < 1.29 is 9.59 Å². The molecule has 152 valence electrons. The lowest BCUT2D eigenvalue weighted by atomic mass is 10.1. The van der Waals surface area contributed by atoms with Crippen LogP contribution in [0.1, 0.15) is 18.4 Å². The molecule has 2 aromatic carbocycles. The van der Waals surface area contributed by atoms with Gasteiger partial charge in [0.05, 0.1) is 6.42 Å². The van der Waals surface area contributed by atoms with Gasteiger partial charge >= 0.3 is 0 Å². The van der Waals surface area contributed by atoms with E-state index in [1.165, 1.54) is 5.69 Å². The molecule has 2 fully saturated rings. The number of hydrogen-bond donors (Lipinski definition) is 1. The van der Waals surface area contributed by atoms with Gasteiger partial charge in [0.25, 0.3) is 0 Å². The first kappa shape index (κ1) is 19.5. The van der Waals surface area contributed by atoms with Crippen molar-refractivity contribution in [2.75, 3.05) is 54.9 Å². The maximum Gasteiger partial charge on any atom is 0.228 e. The fraction of sp³-hybridized carbons (Fsp3) is 0.391. The lowest BCUT2D eigenvalue weighted by molar-refractivity contribution is -0.117. The van der Waals surface area contributed by atoms with Crippen LogP contribution in [0.15, 0.2) is 48.5 Å². The van der Waals surface area contributed by atoms with Gasteiger partial charge in [0.15, 0.2) is 0 Å². The van der Waals surface area contributed by atoms with E-state index in [9.17, 15) is 9.59 Å². The lowest BCUT2D eigenvalue weighted by Crippen LogP contribution is -2.44. The Morgan fingerprint density at radius 1 is 0.897 bits per heavy atom. The number of piperazine rings is 1. The lowest BCUT2D eigenvalue weighted by Gasteiger charge is -2.34. The third kappa shape index (κ3) is 4.77. The van der Waals surface area contributed by atoms with Gasteiger partial charge in [0, 0.05) is 56.2 Å². The molecule has 0 spiro atoms. The number of likely N-dealkylation sites (N-methyl/N-ethyl adjacent to an activating group) is 1. The minimum atomic E-state index is -0.0395. The molecular formula is C23H28N4O2. The number of carbonyl (C=O) groups excluding carboxylic acids is 2. The number of benzene rings is 2. The standard InChI is InChI=1S/C23H28N4O2/c1-25-13-15-26(16-14-25)20-10-6-19(7-11-20)24-22(28)17-18-4-8-21(9-5-18)27-12-2-3-23(27)29/h4-11H,2-3,12-17H2,1H3,(H,24,28). The van der Waals surface area contributed by atoms with Crippen LogP contribution >= 0.6 is 0 Å². The Hall–Kier alpha value is -2.86. The molecule has 0 aliphatic carbocycles. The summed E-state index contributed by atoms with van der Waals surface area (Å²) < 4.78 is 0. The summed E-state index contributed by atoms with van der Waals surface area (Å²) in [5.41, 5.74) is 3.86. The molecule has 1 N–H and O–H groups in total. The molecule has 2 aliphatic rings. The Bertz CT molecular complexity index is 855. The van der Waals surface area contributed by atoms with Crippen molar-refractivity contribution in [2.24, 2.45) is 0 Å². The maximum atomic E-state index is 12.4. The fourth-order valence-electron chi connectivity index (χ4n) is 3.93. The summed E-state index contributed by atoms with van der Waals surface area (Å²) >= 11 is 0. The van der Waals surface area contributed by atoms with Crippen molar-refractivity contribution in [2.45, 2.75) is 19.3 Å².